The number of halogens is 1. The molecule has 0 spiro atoms. The van der Waals surface area contributed by atoms with Gasteiger partial charge in [0.05, 0.1) is 5.69 Å². The highest BCUT2D eigenvalue weighted by Crippen LogP contribution is 2.22. The minimum atomic E-state index is -0.113. The highest BCUT2D eigenvalue weighted by molar-refractivity contribution is 14.1. The first-order chi connectivity index (χ1) is 9.74. The Balaban J connectivity index is 1.93. The molecule has 0 saturated heterocycles. The van der Waals surface area contributed by atoms with E-state index < -0.39 is 0 Å². The third-order valence-electron chi connectivity index (χ3n) is 3.04. The Kier molecular flexibility index (Phi) is 3.64. The molecule has 0 unspecified atom stereocenters. The molecule has 20 heavy (non-hydrogen) atoms. The summed E-state index contributed by atoms with van der Waals surface area (Å²) in [4.78, 5) is 16.3. The van der Waals surface area contributed by atoms with Crippen LogP contribution in [0.2, 0.25) is 0 Å². The van der Waals surface area contributed by atoms with Crippen LogP contribution in [0.1, 0.15) is 10.4 Å². The number of pyridine rings is 1. The lowest BCUT2D eigenvalue weighted by molar-refractivity contribution is 0.102. The summed E-state index contributed by atoms with van der Waals surface area (Å²) in [5.41, 5.74) is 1.42. The lowest BCUT2D eigenvalue weighted by Crippen LogP contribution is -2.12. The van der Waals surface area contributed by atoms with E-state index in [0.29, 0.717) is 5.56 Å². The molecule has 2 aromatic carbocycles. The fraction of sp³-hybridized carbons (Fsp3) is 0. The number of nitrogens with one attached hydrogen (secondary N) is 1. The fourth-order valence-electron chi connectivity index (χ4n) is 2.02. The van der Waals surface area contributed by atoms with Gasteiger partial charge >= 0.3 is 0 Å². The van der Waals surface area contributed by atoms with E-state index in [-0.39, 0.29) is 5.91 Å². The summed E-state index contributed by atoms with van der Waals surface area (Å²) in [5, 5.41) is 4.93. The average Bonchev–Trinajstić information content (AvgIpc) is 2.48. The number of rotatable bonds is 2. The Morgan fingerprint density at radius 1 is 1.05 bits per heavy atom. The standard InChI is InChI=1S/C16H11IN2O/c17-13-6-4-12(5-7-13)16(20)19-15-3-1-2-11-8-9-18-10-14(11)15/h1-10H,(H,19,20). The third-order valence-corrected chi connectivity index (χ3v) is 3.76. The molecule has 0 bridgehead atoms. The normalized spacial score (nSPS) is 10.4. The first kappa shape index (κ1) is 13.1. The first-order valence-corrected chi connectivity index (χ1v) is 7.21. The van der Waals surface area contributed by atoms with Crippen molar-refractivity contribution in [3.05, 3.63) is 70.1 Å². The van der Waals surface area contributed by atoms with Crippen molar-refractivity contribution in [2.45, 2.75) is 0 Å². The van der Waals surface area contributed by atoms with E-state index in [0.717, 1.165) is 20.0 Å². The number of aromatic nitrogens is 1. The molecule has 1 amide bonds. The zero-order valence-corrected chi connectivity index (χ0v) is 12.7. The largest absolute Gasteiger partial charge is 0.321 e. The van der Waals surface area contributed by atoms with Gasteiger partial charge in [-0.2, -0.15) is 0 Å². The van der Waals surface area contributed by atoms with E-state index in [1.54, 1.807) is 12.4 Å². The summed E-state index contributed by atoms with van der Waals surface area (Å²) in [6, 6.07) is 15.2. The Labute approximate surface area is 130 Å². The SMILES string of the molecule is O=C(Nc1cccc2ccncc12)c1ccc(I)cc1. The lowest BCUT2D eigenvalue weighted by Gasteiger charge is -2.08. The van der Waals surface area contributed by atoms with E-state index in [2.05, 4.69) is 32.9 Å². The molecule has 0 aliphatic carbocycles. The van der Waals surface area contributed by atoms with Crippen molar-refractivity contribution in [3.8, 4) is 0 Å². The molecule has 0 aliphatic heterocycles. The number of anilines is 1. The molecule has 4 heteroatoms. The van der Waals surface area contributed by atoms with Crippen molar-refractivity contribution in [2.24, 2.45) is 0 Å². The number of carbonyl (C=O) groups is 1. The Hall–Kier alpha value is -1.95. The number of benzene rings is 2. The van der Waals surface area contributed by atoms with Gasteiger partial charge in [-0.05, 0) is 64.4 Å². The molecule has 0 fully saturated rings. The Morgan fingerprint density at radius 2 is 1.85 bits per heavy atom. The van der Waals surface area contributed by atoms with Crippen molar-refractivity contribution in [2.75, 3.05) is 5.32 Å². The van der Waals surface area contributed by atoms with Crippen LogP contribution in [0.3, 0.4) is 0 Å². The molecular weight excluding hydrogens is 363 g/mol. The number of amides is 1. The van der Waals surface area contributed by atoms with E-state index in [9.17, 15) is 4.79 Å². The topological polar surface area (TPSA) is 42.0 Å². The smallest absolute Gasteiger partial charge is 0.255 e. The van der Waals surface area contributed by atoms with Crippen LogP contribution >= 0.6 is 22.6 Å². The summed E-state index contributed by atoms with van der Waals surface area (Å²) in [5.74, 6) is -0.113. The van der Waals surface area contributed by atoms with Crippen LogP contribution in [0.4, 0.5) is 5.69 Å². The summed E-state index contributed by atoms with van der Waals surface area (Å²) >= 11 is 2.22. The molecule has 3 rings (SSSR count). The van der Waals surface area contributed by atoms with Gasteiger partial charge in [0.1, 0.15) is 0 Å². The monoisotopic (exact) mass is 374 g/mol. The van der Waals surface area contributed by atoms with Gasteiger partial charge in [0.25, 0.3) is 5.91 Å². The van der Waals surface area contributed by atoms with E-state index in [4.69, 9.17) is 0 Å². The molecule has 0 atom stereocenters. The molecule has 1 aromatic heterocycles. The quantitative estimate of drug-likeness (QED) is 0.687. The van der Waals surface area contributed by atoms with E-state index >= 15 is 0 Å². The van der Waals surface area contributed by atoms with Gasteiger partial charge in [-0.1, -0.05) is 12.1 Å². The highest BCUT2D eigenvalue weighted by Gasteiger charge is 2.08. The highest BCUT2D eigenvalue weighted by atomic mass is 127. The van der Waals surface area contributed by atoms with Crippen molar-refractivity contribution in [3.63, 3.8) is 0 Å². The molecule has 3 nitrogen and oxygen atoms in total. The van der Waals surface area contributed by atoms with Gasteiger partial charge in [-0.15, -0.1) is 0 Å². The minimum absolute atomic E-state index is 0.113. The zero-order valence-electron chi connectivity index (χ0n) is 10.5. The molecule has 0 radical (unpaired) electrons. The van der Waals surface area contributed by atoms with Gasteiger partial charge in [-0.3, -0.25) is 9.78 Å². The second kappa shape index (κ2) is 5.58. The fourth-order valence-corrected chi connectivity index (χ4v) is 2.38. The van der Waals surface area contributed by atoms with Crippen LogP contribution in [0, 0.1) is 3.57 Å². The zero-order chi connectivity index (χ0) is 13.9. The van der Waals surface area contributed by atoms with E-state index in [1.165, 1.54) is 0 Å². The number of carbonyl (C=O) groups excluding carboxylic acids is 1. The van der Waals surface area contributed by atoms with Gasteiger partial charge in [0.15, 0.2) is 0 Å². The predicted octanol–water partition coefficient (Wildman–Crippen LogP) is 4.09. The maximum atomic E-state index is 12.2. The summed E-state index contributed by atoms with van der Waals surface area (Å²) in [6.45, 7) is 0. The number of hydrogen-bond donors (Lipinski definition) is 1. The molecule has 1 N–H and O–H groups in total. The molecular formula is C16H11IN2O. The van der Waals surface area contributed by atoms with E-state index in [1.807, 2.05) is 48.5 Å². The molecule has 3 aromatic rings. The minimum Gasteiger partial charge on any atom is -0.321 e. The summed E-state index contributed by atoms with van der Waals surface area (Å²) in [6.07, 6.45) is 3.51. The molecule has 1 heterocycles. The van der Waals surface area contributed by atoms with Crippen LogP contribution in [0.15, 0.2) is 60.9 Å². The molecule has 0 aliphatic rings. The number of hydrogen-bond acceptors (Lipinski definition) is 2. The maximum Gasteiger partial charge on any atom is 0.255 e. The van der Waals surface area contributed by atoms with Gasteiger partial charge in [0, 0.05) is 26.9 Å². The van der Waals surface area contributed by atoms with Crippen molar-refractivity contribution < 1.29 is 4.79 Å². The second-order valence-corrected chi connectivity index (χ2v) is 5.61. The van der Waals surface area contributed by atoms with Crippen LogP contribution in [-0.4, -0.2) is 10.9 Å². The lowest BCUT2D eigenvalue weighted by atomic mass is 10.1. The van der Waals surface area contributed by atoms with Crippen LogP contribution in [0.25, 0.3) is 10.8 Å². The van der Waals surface area contributed by atoms with Crippen molar-refractivity contribution in [1.29, 1.82) is 0 Å². The van der Waals surface area contributed by atoms with Crippen LogP contribution in [0.5, 0.6) is 0 Å². The first-order valence-electron chi connectivity index (χ1n) is 6.14. The maximum absolute atomic E-state index is 12.2. The number of fused-ring (bicyclic) bond motifs is 1. The Morgan fingerprint density at radius 3 is 2.65 bits per heavy atom. The second-order valence-electron chi connectivity index (χ2n) is 4.36. The van der Waals surface area contributed by atoms with Crippen LogP contribution < -0.4 is 5.32 Å². The van der Waals surface area contributed by atoms with Crippen molar-refractivity contribution >= 4 is 45.0 Å². The van der Waals surface area contributed by atoms with Crippen molar-refractivity contribution in [1.82, 2.24) is 4.98 Å². The predicted molar refractivity (Wildman–Crippen MR) is 88.9 cm³/mol. The van der Waals surface area contributed by atoms with Gasteiger partial charge < -0.3 is 5.32 Å². The third kappa shape index (κ3) is 2.65. The molecule has 0 saturated carbocycles. The van der Waals surface area contributed by atoms with Crippen LogP contribution in [-0.2, 0) is 0 Å². The van der Waals surface area contributed by atoms with Gasteiger partial charge in [-0.25, -0.2) is 0 Å². The number of nitrogens with zero attached hydrogens (tertiary/aromatic N) is 1. The summed E-state index contributed by atoms with van der Waals surface area (Å²) in [7, 11) is 0. The summed E-state index contributed by atoms with van der Waals surface area (Å²) < 4.78 is 1.11. The molecule has 98 valence electrons. The Bertz CT molecular complexity index is 764. The van der Waals surface area contributed by atoms with Gasteiger partial charge in [0.2, 0.25) is 0 Å². The average molecular weight is 374 g/mol.